The van der Waals surface area contributed by atoms with Crippen molar-refractivity contribution in [3.05, 3.63) is 87.8 Å². The van der Waals surface area contributed by atoms with Gasteiger partial charge in [-0.3, -0.25) is 9.36 Å². The van der Waals surface area contributed by atoms with Crippen LogP contribution in [0.25, 0.3) is 21.6 Å². The predicted octanol–water partition coefficient (Wildman–Crippen LogP) is 6.60. The maximum atomic E-state index is 13.6. The second-order valence-corrected chi connectivity index (χ2v) is 11.5. The maximum Gasteiger partial charge on any atom is 0.490 e. The Hall–Kier alpha value is -3.61. The van der Waals surface area contributed by atoms with Gasteiger partial charge in [-0.25, -0.2) is 14.8 Å². The van der Waals surface area contributed by atoms with Crippen molar-refractivity contribution >= 4 is 45.3 Å². The smallest absolute Gasteiger partial charge is 0.475 e. The van der Waals surface area contributed by atoms with Gasteiger partial charge in [0.1, 0.15) is 12.2 Å². The van der Waals surface area contributed by atoms with Gasteiger partial charge in [-0.15, -0.1) is 0 Å². The minimum absolute atomic E-state index is 0.105. The number of rotatable bonds is 8. The maximum absolute atomic E-state index is 13.6. The number of fused-ring (bicyclic) bond motifs is 1. The summed E-state index contributed by atoms with van der Waals surface area (Å²) in [6, 6.07) is 13.5. The van der Waals surface area contributed by atoms with Gasteiger partial charge in [-0.2, -0.15) is 13.2 Å². The fraction of sp³-hybridized carbons (Fsp3) is 0.333. The Balaban J connectivity index is 0.000000541. The van der Waals surface area contributed by atoms with E-state index in [4.69, 9.17) is 26.5 Å². The summed E-state index contributed by atoms with van der Waals surface area (Å²) in [7, 11) is 0. The number of carbonyl (C=O) groups is 1. The van der Waals surface area contributed by atoms with Crippen molar-refractivity contribution in [3.63, 3.8) is 0 Å². The Kier molecular flexibility index (Phi) is 10.4. The first-order valence-corrected chi connectivity index (χ1v) is 14.8. The van der Waals surface area contributed by atoms with Crippen LogP contribution in [0.2, 0.25) is 5.02 Å². The Bertz CT molecular complexity index is 1680. The van der Waals surface area contributed by atoms with Crippen LogP contribution in [0, 0.1) is 6.92 Å². The number of thioether (sulfide) groups is 1. The third-order valence-corrected chi connectivity index (χ3v) is 8.36. The highest BCUT2D eigenvalue weighted by atomic mass is 35.5. The van der Waals surface area contributed by atoms with Crippen molar-refractivity contribution in [2.75, 3.05) is 19.6 Å². The zero-order valence-corrected chi connectivity index (χ0v) is 25.3. The molecule has 3 heterocycles. The summed E-state index contributed by atoms with van der Waals surface area (Å²) in [6.45, 7) is 12.6. The molecule has 2 aromatic carbocycles. The molecule has 43 heavy (non-hydrogen) atoms. The number of carboxylic acid groups (broad SMARTS) is 1. The molecule has 1 fully saturated rings. The van der Waals surface area contributed by atoms with Crippen molar-refractivity contribution in [3.8, 4) is 5.69 Å². The molecule has 1 aliphatic rings. The lowest BCUT2D eigenvalue weighted by molar-refractivity contribution is -0.192. The van der Waals surface area contributed by atoms with Crippen LogP contribution in [-0.4, -0.2) is 60.9 Å². The zero-order chi connectivity index (χ0) is 31.3. The van der Waals surface area contributed by atoms with Gasteiger partial charge in [0, 0.05) is 23.0 Å². The molecule has 0 aliphatic carbocycles. The Morgan fingerprint density at radius 3 is 2.37 bits per heavy atom. The van der Waals surface area contributed by atoms with Crippen LogP contribution in [0.1, 0.15) is 36.8 Å². The molecule has 1 N–H and O–H groups in total. The van der Waals surface area contributed by atoms with E-state index in [0.29, 0.717) is 16.3 Å². The van der Waals surface area contributed by atoms with Crippen LogP contribution in [0.3, 0.4) is 0 Å². The number of nitrogens with zero attached hydrogens (tertiary/aromatic N) is 5. The second-order valence-electron chi connectivity index (χ2n) is 9.92. The average Bonchev–Trinajstić information content (AvgIpc) is 3.59. The average molecular weight is 634 g/mol. The first-order chi connectivity index (χ1) is 20.4. The summed E-state index contributed by atoms with van der Waals surface area (Å²) in [4.78, 5) is 35.8. The molecular formula is C30H31ClF3N5O3S. The van der Waals surface area contributed by atoms with Crippen LogP contribution in [0.5, 0.6) is 0 Å². The minimum atomic E-state index is -5.08. The summed E-state index contributed by atoms with van der Waals surface area (Å²) in [5.74, 6) is -1.77. The number of alkyl halides is 3. The topological polar surface area (TPSA) is 93.3 Å². The van der Waals surface area contributed by atoms with E-state index in [9.17, 15) is 18.0 Å². The summed E-state index contributed by atoms with van der Waals surface area (Å²) in [5, 5.41) is 7.79. The van der Waals surface area contributed by atoms with E-state index in [1.54, 1.807) is 10.9 Å². The molecule has 1 aliphatic heterocycles. The van der Waals surface area contributed by atoms with Crippen molar-refractivity contribution in [2.45, 2.75) is 50.7 Å². The highest BCUT2D eigenvalue weighted by Gasteiger charge is 2.38. The highest BCUT2D eigenvalue weighted by Crippen LogP contribution is 2.33. The lowest BCUT2D eigenvalue weighted by atomic mass is 10.2. The molecule has 228 valence electrons. The first kappa shape index (κ1) is 32.3. The standard InChI is InChI=1S/C28H30ClN5OS.C2HF3O2/c1-4-24-27(36-19(2)21-7-9-22(29)10-8-21)28(35)34(18-30-24)23-11-12-26-25(17-23)31-20(3)33(26)16-15-32-13-5-6-14-32;3-2(4,5)1(6)7/h7-12,17-18H,2,4-6,13-16H2,1,3H3;(H,6,7). The fourth-order valence-corrected chi connectivity index (χ4v) is 5.87. The third kappa shape index (κ3) is 7.87. The van der Waals surface area contributed by atoms with E-state index in [0.717, 1.165) is 51.8 Å². The highest BCUT2D eigenvalue weighted by molar-refractivity contribution is 8.08. The number of likely N-dealkylation sites (tertiary alicyclic amines) is 1. The summed E-state index contributed by atoms with van der Waals surface area (Å²) in [6.07, 6.45) is -0.222. The number of hydrogen-bond donors (Lipinski definition) is 1. The Morgan fingerprint density at radius 2 is 1.77 bits per heavy atom. The van der Waals surface area contributed by atoms with Crippen LogP contribution in [-0.2, 0) is 17.8 Å². The molecule has 4 aromatic rings. The van der Waals surface area contributed by atoms with Crippen molar-refractivity contribution in [2.24, 2.45) is 0 Å². The number of benzene rings is 2. The number of hydrogen-bond acceptors (Lipinski definition) is 6. The molecule has 0 atom stereocenters. The Morgan fingerprint density at radius 1 is 1.12 bits per heavy atom. The van der Waals surface area contributed by atoms with E-state index in [1.165, 1.54) is 37.7 Å². The van der Waals surface area contributed by atoms with Crippen molar-refractivity contribution < 1.29 is 23.1 Å². The van der Waals surface area contributed by atoms with Gasteiger partial charge in [-0.1, -0.05) is 49.0 Å². The van der Waals surface area contributed by atoms with Gasteiger partial charge in [0.15, 0.2) is 0 Å². The molecule has 2 aromatic heterocycles. The quantitative estimate of drug-likeness (QED) is 0.219. The van der Waals surface area contributed by atoms with E-state index in [2.05, 4.69) is 27.1 Å². The van der Waals surface area contributed by atoms with Crippen LogP contribution in [0.15, 0.2) is 65.1 Å². The van der Waals surface area contributed by atoms with Gasteiger partial charge in [0.2, 0.25) is 0 Å². The molecule has 0 radical (unpaired) electrons. The van der Waals surface area contributed by atoms with E-state index < -0.39 is 12.1 Å². The van der Waals surface area contributed by atoms with Crippen molar-refractivity contribution in [1.29, 1.82) is 0 Å². The summed E-state index contributed by atoms with van der Waals surface area (Å²) in [5.41, 5.74) is 4.32. The normalized spacial score (nSPS) is 13.6. The largest absolute Gasteiger partial charge is 0.490 e. The molecule has 13 heteroatoms. The third-order valence-electron chi connectivity index (χ3n) is 7.01. The van der Waals surface area contributed by atoms with Gasteiger partial charge in [0.05, 0.1) is 27.3 Å². The second kappa shape index (κ2) is 13.8. The number of aliphatic carboxylic acids is 1. The molecule has 8 nitrogen and oxygen atoms in total. The van der Waals surface area contributed by atoms with Gasteiger partial charge in [-0.05, 0) is 75.2 Å². The molecule has 1 saturated heterocycles. The summed E-state index contributed by atoms with van der Waals surface area (Å²) < 4.78 is 35.6. The summed E-state index contributed by atoms with van der Waals surface area (Å²) >= 11 is 7.39. The van der Waals surface area contributed by atoms with Crippen LogP contribution in [0.4, 0.5) is 13.2 Å². The molecule has 0 bridgehead atoms. The molecule has 0 unspecified atom stereocenters. The minimum Gasteiger partial charge on any atom is -0.475 e. The van der Waals surface area contributed by atoms with Gasteiger partial charge >= 0.3 is 12.1 Å². The molecule has 5 rings (SSSR count). The predicted molar refractivity (Wildman–Crippen MR) is 163 cm³/mol. The number of carboxylic acids is 1. The zero-order valence-electron chi connectivity index (χ0n) is 23.7. The lowest BCUT2D eigenvalue weighted by Gasteiger charge is -2.16. The fourth-order valence-electron chi connectivity index (χ4n) is 4.75. The molecule has 0 amide bonds. The van der Waals surface area contributed by atoms with Crippen LogP contribution < -0.4 is 5.56 Å². The molecule has 0 spiro atoms. The van der Waals surface area contributed by atoms with Gasteiger partial charge < -0.3 is 14.6 Å². The number of aromatic nitrogens is 4. The van der Waals surface area contributed by atoms with E-state index in [-0.39, 0.29) is 5.56 Å². The van der Waals surface area contributed by atoms with Crippen molar-refractivity contribution in [1.82, 2.24) is 24.0 Å². The SMILES string of the molecule is C=C(Sc1c(CC)ncn(-c2ccc3c(c2)nc(C)n3CCN2CCCC2)c1=O)c1ccc(Cl)cc1.O=C(O)C(F)(F)F. The lowest BCUT2D eigenvalue weighted by Crippen LogP contribution is -2.24. The first-order valence-electron chi connectivity index (χ1n) is 13.6. The molecule has 0 saturated carbocycles. The number of halogens is 4. The number of imidazole rings is 1. The van der Waals surface area contributed by atoms with E-state index >= 15 is 0 Å². The molecular weight excluding hydrogens is 603 g/mol. The van der Waals surface area contributed by atoms with Crippen LogP contribution >= 0.6 is 23.4 Å². The number of aryl methyl sites for hydroxylation is 2. The van der Waals surface area contributed by atoms with Gasteiger partial charge in [0.25, 0.3) is 5.56 Å². The van der Waals surface area contributed by atoms with E-state index in [1.807, 2.05) is 50.2 Å². The monoisotopic (exact) mass is 633 g/mol. The Labute approximate surface area is 255 Å².